The fourth-order valence-electron chi connectivity index (χ4n) is 1.49. The fourth-order valence-corrected chi connectivity index (χ4v) is 2.02. The van der Waals surface area contributed by atoms with Gasteiger partial charge in [-0.15, -0.1) is 0 Å². The summed E-state index contributed by atoms with van der Waals surface area (Å²) in [5.41, 5.74) is 0.873. The van der Waals surface area contributed by atoms with E-state index in [4.69, 9.17) is 28.5 Å². The summed E-state index contributed by atoms with van der Waals surface area (Å²) in [7, 11) is 0. The fraction of sp³-hybridized carbons (Fsp3) is 0.417. The molecule has 0 spiro atoms. The topological polar surface area (TPSA) is 23.8 Å². The minimum absolute atomic E-state index is 0.153. The van der Waals surface area contributed by atoms with Crippen LogP contribution in [0.3, 0.4) is 0 Å². The number of halogens is 2. The molecule has 0 fully saturated rings. The van der Waals surface area contributed by atoms with E-state index >= 15 is 0 Å². The summed E-state index contributed by atoms with van der Waals surface area (Å²) in [5, 5.41) is 10.3. The highest BCUT2D eigenvalue weighted by molar-refractivity contribution is 6.35. The van der Waals surface area contributed by atoms with E-state index in [-0.39, 0.29) is 5.92 Å². The molecule has 0 aliphatic carbocycles. The molecule has 1 aromatic rings. The molecule has 3 heteroatoms. The number of hydrogen-bond donors (Lipinski definition) is 0. The van der Waals surface area contributed by atoms with E-state index in [1.54, 1.807) is 12.1 Å². The minimum atomic E-state index is -0.153. The summed E-state index contributed by atoms with van der Waals surface area (Å²) < 4.78 is 0. The number of nitriles is 1. The maximum absolute atomic E-state index is 9.13. The van der Waals surface area contributed by atoms with E-state index in [9.17, 15) is 0 Å². The molecule has 80 valence electrons. The first kappa shape index (κ1) is 12.4. The van der Waals surface area contributed by atoms with Gasteiger partial charge in [0.05, 0.1) is 12.0 Å². The Balaban J connectivity index is 3.09. The Morgan fingerprint density at radius 1 is 1.40 bits per heavy atom. The van der Waals surface area contributed by atoms with Crippen LogP contribution < -0.4 is 0 Å². The second-order valence-corrected chi connectivity index (χ2v) is 4.50. The zero-order valence-electron chi connectivity index (χ0n) is 8.80. The normalized spacial score (nSPS) is 14.3. The SMILES string of the molecule is CCC(C)C(C#N)c1ccc(Cl)cc1Cl. The van der Waals surface area contributed by atoms with Crippen LogP contribution >= 0.6 is 23.2 Å². The number of rotatable bonds is 3. The molecule has 1 nitrogen and oxygen atoms in total. The van der Waals surface area contributed by atoms with E-state index in [2.05, 4.69) is 19.9 Å². The van der Waals surface area contributed by atoms with Gasteiger partial charge in [0.2, 0.25) is 0 Å². The maximum atomic E-state index is 9.13. The lowest BCUT2D eigenvalue weighted by atomic mass is 9.87. The number of hydrogen-bond acceptors (Lipinski definition) is 1. The average Bonchev–Trinajstić information content (AvgIpc) is 2.21. The van der Waals surface area contributed by atoms with Crippen molar-refractivity contribution >= 4 is 23.2 Å². The summed E-state index contributed by atoms with van der Waals surface area (Å²) >= 11 is 11.9. The van der Waals surface area contributed by atoms with Crippen molar-refractivity contribution in [3.8, 4) is 6.07 Å². The van der Waals surface area contributed by atoms with Gasteiger partial charge in [0, 0.05) is 10.0 Å². The number of nitrogens with zero attached hydrogens (tertiary/aromatic N) is 1. The highest BCUT2D eigenvalue weighted by Crippen LogP contribution is 2.32. The molecular formula is C12H13Cl2N. The molecule has 0 amide bonds. The van der Waals surface area contributed by atoms with Crippen LogP contribution in [0.5, 0.6) is 0 Å². The Bertz CT molecular complexity index is 382. The molecule has 0 saturated heterocycles. The zero-order chi connectivity index (χ0) is 11.4. The summed E-state index contributed by atoms with van der Waals surface area (Å²) in [6, 6.07) is 7.60. The van der Waals surface area contributed by atoms with Crippen LogP contribution in [0, 0.1) is 17.2 Å². The van der Waals surface area contributed by atoms with E-state index in [1.807, 2.05) is 6.07 Å². The van der Waals surface area contributed by atoms with E-state index in [1.165, 1.54) is 0 Å². The van der Waals surface area contributed by atoms with Crippen molar-refractivity contribution in [2.45, 2.75) is 26.2 Å². The largest absolute Gasteiger partial charge is 0.198 e. The third kappa shape index (κ3) is 2.87. The Labute approximate surface area is 101 Å². The monoisotopic (exact) mass is 241 g/mol. The molecule has 1 aromatic carbocycles. The first-order valence-corrected chi connectivity index (χ1v) is 5.70. The predicted octanol–water partition coefficient (Wildman–Crippen LogP) is 4.65. The molecule has 2 atom stereocenters. The zero-order valence-corrected chi connectivity index (χ0v) is 10.3. The lowest BCUT2D eigenvalue weighted by Crippen LogP contribution is -2.07. The average molecular weight is 242 g/mol. The van der Waals surface area contributed by atoms with Gasteiger partial charge in [-0.25, -0.2) is 0 Å². The molecular weight excluding hydrogens is 229 g/mol. The first-order valence-electron chi connectivity index (χ1n) is 4.94. The standard InChI is InChI=1S/C12H13Cl2N/c1-3-8(2)11(7-15)10-5-4-9(13)6-12(10)14/h4-6,8,11H,3H2,1-2H3. The van der Waals surface area contributed by atoms with Crippen LogP contribution in [0.2, 0.25) is 10.0 Å². The van der Waals surface area contributed by atoms with Gasteiger partial charge in [0.25, 0.3) is 0 Å². The van der Waals surface area contributed by atoms with Crippen LogP contribution in [0.1, 0.15) is 31.7 Å². The quantitative estimate of drug-likeness (QED) is 0.756. The van der Waals surface area contributed by atoms with Crippen LogP contribution in [-0.2, 0) is 0 Å². The van der Waals surface area contributed by atoms with Crippen molar-refractivity contribution in [1.82, 2.24) is 0 Å². The molecule has 0 aliphatic heterocycles. The molecule has 1 rings (SSSR count). The van der Waals surface area contributed by atoms with Gasteiger partial charge in [-0.1, -0.05) is 49.5 Å². The number of benzene rings is 1. The van der Waals surface area contributed by atoms with Gasteiger partial charge < -0.3 is 0 Å². The van der Waals surface area contributed by atoms with Crippen molar-refractivity contribution in [1.29, 1.82) is 5.26 Å². The first-order chi connectivity index (χ1) is 7.10. The second-order valence-electron chi connectivity index (χ2n) is 3.66. The maximum Gasteiger partial charge on any atom is 0.0752 e. The highest BCUT2D eigenvalue weighted by Gasteiger charge is 2.19. The van der Waals surface area contributed by atoms with E-state index in [0.717, 1.165) is 12.0 Å². The van der Waals surface area contributed by atoms with Gasteiger partial charge in [-0.3, -0.25) is 0 Å². The van der Waals surface area contributed by atoms with Crippen LogP contribution in [-0.4, -0.2) is 0 Å². The Hall–Kier alpha value is -0.710. The minimum Gasteiger partial charge on any atom is -0.198 e. The van der Waals surface area contributed by atoms with Crippen molar-refractivity contribution in [2.24, 2.45) is 5.92 Å². The molecule has 0 radical (unpaired) electrons. The van der Waals surface area contributed by atoms with Gasteiger partial charge in [0.15, 0.2) is 0 Å². The van der Waals surface area contributed by atoms with Gasteiger partial charge in [-0.05, 0) is 23.6 Å². The molecule has 0 bridgehead atoms. The molecule has 15 heavy (non-hydrogen) atoms. The summed E-state index contributed by atoms with van der Waals surface area (Å²) in [6.07, 6.45) is 0.956. The lowest BCUT2D eigenvalue weighted by molar-refractivity contribution is 0.514. The van der Waals surface area contributed by atoms with Crippen LogP contribution in [0.25, 0.3) is 0 Å². The predicted molar refractivity (Wildman–Crippen MR) is 64.3 cm³/mol. The summed E-state index contributed by atoms with van der Waals surface area (Å²) in [4.78, 5) is 0. The molecule has 2 unspecified atom stereocenters. The third-order valence-electron chi connectivity index (χ3n) is 2.65. The van der Waals surface area contributed by atoms with Crippen LogP contribution in [0.4, 0.5) is 0 Å². The second kappa shape index (κ2) is 5.39. The third-order valence-corrected chi connectivity index (χ3v) is 3.21. The van der Waals surface area contributed by atoms with Crippen LogP contribution in [0.15, 0.2) is 18.2 Å². The smallest absolute Gasteiger partial charge is 0.0752 e. The van der Waals surface area contributed by atoms with Crippen molar-refractivity contribution in [2.75, 3.05) is 0 Å². The Morgan fingerprint density at radius 3 is 2.53 bits per heavy atom. The van der Waals surface area contributed by atoms with E-state index < -0.39 is 0 Å². The lowest BCUT2D eigenvalue weighted by Gasteiger charge is -2.17. The summed E-state index contributed by atoms with van der Waals surface area (Å²) in [6.45, 7) is 4.12. The van der Waals surface area contributed by atoms with E-state index in [0.29, 0.717) is 16.0 Å². The Morgan fingerprint density at radius 2 is 2.07 bits per heavy atom. The summed E-state index contributed by atoms with van der Waals surface area (Å²) in [5.74, 6) is 0.147. The highest BCUT2D eigenvalue weighted by atomic mass is 35.5. The van der Waals surface area contributed by atoms with Crippen molar-refractivity contribution < 1.29 is 0 Å². The van der Waals surface area contributed by atoms with Gasteiger partial charge in [0.1, 0.15) is 0 Å². The van der Waals surface area contributed by atoms with Crippen molar-refractivity contribution in [3.05, 3.63) is 33.8 Å². The molecule has 0 N–H and O–H groups in total. The molecule has 0 heterocycles. The van der Waals surface area contributed by atoms with Crippen molar-refractivity contribution in [3.63, 3.8) is 0 Å². The molecule has 0 aliphatic rings. The Kier molecular flexibility index (Phi) is 4.45. The molecule has 0 saturated carbocycles. The van der Waals surface area contributed by atoms with Gasteiger partial charge in [-0.2, -0.15) is 5.26 Å². The van der Waals surface area contributed by atoms with Gasteiger partial charge >= 0.3 is 0 Å². The molecule has 0 aromatic heterocycles.